The van der Waals surface area contributed by atoms with Crippen LogP contribution in [0.15, 0.2) is 36.7 Å². The van der Waals surface area contributed by atoms with Crippen LogP contribution in [0.3, 0.4) is 0 Å². The van der Waals surface area contributed by atoms with Gasteiger partial charge in [0.15, 0.2) is 11.6 Å². The van der Waals surface area contributed by atoms with Crippen LogP contribution in [0, 0.1) is 57.3 Å². The molecule has 8 aromatic rings. The molecule has 5 aliphatic heterocycles. The number of nitrogens with two attached hydrogens (primary N) is 2. The molecule has 0 radical (unpaired) electrons. The molecule has 3 unspecified atom stereocenters. The molecule has 2 aromatic carbocycles. The third-order valence-electron chi connectivity index (χ3n) is 20.0. The molecule has 7 fully saturated rings. The molecule has 2 saturated carbocycles. The van der Waals surface area contributed by atoms with E-state index < -0.39 is 35.0 Å². The van der Waals surface area contributed by atoms with E-state index in [4.69, 9.17) is 40.6 Å². The molecule has 88 heavy (non-hydrogen) atoms. The lowest BCUT2D eigenvalue weighted by molar-refractivity contribution is -0.115. The van der Waals surface area contributed by atoms with Crippen molar-refractivity contribution in [3.63, 3.8) is 0 Å². The van der Waals surface area contributed by atoms with Crippen LogP contribution in [0.5, 0.6) is 12.0 Å². The highest BCUT2D eigenvalue weighted by molar-refractivity contribution is 7.23. The summed E-state index contributed by atoms with van der Waals surface area (Å²) in [4.78, 5) is 37.3. The Hall–Kier alpha value is -7.43. The van der Waals surface area contributed by atoms with Gasteiger partial charge in [-0.3, -0.25) is 19.8 Å². The first-order valence-corrected chi connectivity index (χ1v) is 31.6. The molecule has 0 spiro atoms. The molecule has 15 rings (SSSR count). The number of nitrogens with one attached hydrogen (secondary N) is 2. The first-order valence-electron chi connectivity index (χ1n) is 30.0. The molecule has 6 aromatic heterocycles. The molecule has 6 N–H and O–H groups in total. The van der Waals surface area contributed by atoms with E-state index in [0.29, 0.717) is 69.4 Å². The zero-order valence-electron chi connectivity index (χ0n) is 48.4. The molecule has 5 atom stereocenters. The Morgan fingerprint density at radius 3 is 2.01 bits per heavy atom. The molecular weight excluding hydrogens is 1180 g/mol. The van der Waals surface area contributed by atoms with E-state index in [2.05, 4.69) is 57.3 Å². The maximum absolute atomic E-state index is 17.3. The minimum absolute atomic E-state index is 0.0174. The van der Waals surface area contributed by atoms with E-state index in [0.717, 1.165) is 93.7 Å². The quantitative estimate of drug-likeness (QED) is 0.0659. The van der Waals surface area contributed by atoms with E-state index >= 15 is 17.6 Å². The molecule has 26 heteroatoms. The summed E-state index contributed by atoms with van der Waals surface area (Å²) in [7, 11) is 4.09. The summed E-state index contributed by atoms with van der Waals surface area (Å²) in [6, 6.07) is 9.86. The fraction of sp³-hybridized carbons (Fsp3) is 0.484. The summed E-state index contributed by atoms with van der Waals surface area (Å²) < 4.78 is 99.5. The van der Waals surface area contributed by atoms with Crippen LogP contribution in [0.4, 0.5) is 43.6 Å². The van der Waals surface area contributed by atoms with Crippen LogP contribution >= 0.6 is 22.7 Å². The molecule has 5 saturated heterocycles. The topological polar surface area (TPSA) is 242 Å². The van der Waals surface area contributed by atoms with Gasteiger partial charge in [0.2, 0.25) is 0 Å². The normalized spacial score (nSPS) is 25.8. The Bertz CT molecular complexity index is 4230. The van der Waals surface area contributed by atoms with Crippen molar-refractivity contribution in [1.29, 1.82) is 10.5 Å². The monoisotopic (exact) mass is 1240 g/mol. The van der Waals surface area contributed by atoms with Gasteiger partial charge in [-0.05, 0) is 102 Å². The lowest BCUT2D eigenvalue weighted by Gasteiger charge is -2.55. The number of nitriles is 2. The summed E-state index contributed by atoms with van der Waals surface area (Å²) in [5.74, 6) is -1.65. The van der Waals surface area contributed by atoms with Crippen LogP contribution in [-0.2, 0) is 4.74 Å². The molecule has 19 nitrogen and oxygen atoms in total. The second kappa shape index (κ2) is 21.7. The molecule has 2 aliphatic carbocycles. The van der Waals surface area contributed by atoms with Crippen molar-refractivity contribution >= 4 is 86.3 Å². The predicted molar refractivity (Wildman–Crippen MR) is 326 cm³/mol. The van der Waals surface area contributed by atoms with Gasteiger partial charge < -0.3 is 46.1 Å². The number of pyridine rings is 2. The smallest absolute Gasteiger partial charge is 0.319 e. The summed E-state index contributed by atoms with van der Waals surface area (Å²) in [6.07, 6.45) is 9.44. The van der Waals surface area contributed by atoms with Gasteiger partial charge in [0, 0.05) is 110 Å². The minimum atomic E-state index is -0.986. The van der Waals surface area contributed by atoms with Gasteiger partial charge >= 0.3 is 12.0 Å². The van der Waals surface area contributed by atoms with Crippen molar-refractivity contribution in [2.24, 2.45) is 11.3 Å². The molecule has 0 amide bonds. The Labute approximate surface area is 510 Å². The van der Waals surface area contributed by atoms with Crippen LogP contribution < -0.4 is 36.5 Å². The van der Waals surface area contributed by atoms with Gasteiger partial charge in [-0.2, -0.15) is 30.5 Å². The Kier molecular flexibility index (Phi) is 14.0. The number of anilines is 4. The largest absolute Gasteiger partial charge is 0.463 e. The number of ether oxygens (including phenoxy) is 3. The van der Waals surface area contributed by atoms with Crippen LogP contribution in [0.1, 0.15) is 68.9 Å². The second-order valence-corrected chi connectivity index (χ2v) is 27.6. The van der Waals surface area contributed by atoms with E-state index in [-0.39, 0.29) is 134 Å². The van der Waals surface area contributed by atoms with E-state index in [1.807, 2.05) is 14.1 Å². The number of morpholine rings is 1. The maximum atomic E-state index is 17.3. The molecule has 2 bridgehead atoms. The van der Waals surface area contributed by atoms with Crippen LogP contribution in [-0.4, -0.2) is 166 Å². The Balaban J connectivity index is 0.657. The van der Waals surface area contributed by atoms with Crippen molar-refractivity contribution in [3.8, 4) is 46.7 Å². The zero-order valence-corrected chi connectivity index (χ0v) is 50.1. The number of fused-ring (bicyclic) bond motifs is 7. The number of thiophene rings is 2. The number of piperazine rings is 1. The summed E-state index contributed by atoms with van der Waals surface area (Å²) >= 11 is 1.85. The van der Waals surface area contributed by atoms with Crippen molar-refractivity contribution in [2.75, 3.05) is 108 Å². The SMILES string of the molecule is CN(C)C1(CNc2nc(OC[C@]34CCCN3C[C@@H](F)C4)nc3c(F)c(-c4ccc(F)c5sc(N)c(C#N)c45)ncc23)CC(C2CN(CC3(COc4nc(N5CC6CCC(C5)N6)c5cnc(-c6ccc(F)c7sc(N)c(C#N)c67)c(F)c5n4)CC3)CCO2)C1. The third kappa shape index (κ3) is 9.63. The third-order valence-corrected chi connectivity index (χ3v) is 22.0. The zero-order chi connectivity index (χ0) is 60.5. The Morgan fingerprint density at radius 2 is 1.39 bits per heavy atom. The highest BCUT2D eigenvalue weighted by atomic mass is 32.1. The predicted octanol–water partition coefficient (Wildman–Crippen LogP) is 9.17. The number of hydrogen-bond acceptors (Lipinski definition) is 21. The second-order valence-electron chi connectivity index (χ2n) is 25.5. The number of hydrogen-bond donors (Lipinski definition) is 4. The number of nitrogens with zero attached hydrogens (tertiary/aromatic N) is 12. The summed E-state index contributed by atoms with van der Waals surface area (Å²) in [5, 5.41) is 28.6. The average Bonchev–Trinajstić information content (AvgIpc) is 0.981. The van der Waals surface area contributed by atoms with Crippen LogP contribution in [0.2, 0.25) is 0 Å². The molecule has 7 aliphatic rings. The first-order chi connectivity index (χ1) is 42.5. The van der Waals surface area contributed by atoms with Gasteiger partial charge in [0.05, 0.1) is 56.2 Å². The van der Waals surface area contributed by atoms with Crippen molar-refractivity contribution < 1.29 is 36.2 Å². The van der Waals surface area contributed by atoms with E-state index in [1.54, 1.807) is 6.20 Å². The fourth-order valence-corrected chi connectivity index (χ4v) is 16.9. The fourth-order valence-electron chi connectivity index (χ4n) is 15.0. The number of aromatic nitrogens is 6. The van der Waals surface area contributed by atoms with Crippen molar-refractivity contribution in [1.82, 2.24) is 49.9 Å². The lowest BCUT2D eigenvalue weighted by Crippen LogP contribution is -2.63. The number of rotatable bonds is 16. The number of likely N-dealkylation sites (N-methyl/N-ethyl adjacent to an activating group) is 1. The standard InChI is InChI=1S/C62H63F5N16O3S2/c1-80(2)62(27-74-56-39-21-72-48(35-6-8-41(64)52-44(35)37(19-68)54(70)87-52)46(66)50(39)76-58(78-56)86-30-61-10-3-13-83(61)23-32(63)18-61)16-31(17-62)43-26-81(14-15-84-43)28-60(11-12-60)29-85-59-77-51-40(57(79-59)82-24-33-4-5-34(25-82)75-33)22-73-49(47(51)67)36-7-9-42(65)53-45(36)38(20-69)55(71)88-53/h6-9,21-22,31-34,43,75H,3-5,10-18,23-30,70-71H2,1-2H3,(H,74,76,78)/t31?,32-,33?,34?,43?,61+,62?/m0/s1. The van der Waals surface area contributed by atoms with Gasteiger partial charge in [-0.15, -0.1) is 22.7 Å². The lowest BCUT2D eigenvalue weighted by atomic mass is 9.64. The first kappa shape index (κ1) is 57.0. The number of benzene rings is 2. The van der Waals surface area contributed by atoms with Gasteiger partial charge in [0.25, 0.3) is 0 Å². The van der Waals surface area contributed by atoms with Gasteiger partial charge in [0.1, 0.15) is 80.6 Å². The van der Waals surface area contributed by atoms with Crippen molar-refractivity contribution in [3.05, 3.63) is 71.1 Å². The van der Waals surface area contributed by atoms with Crippen LogP contribution in [0.25, 0.3) is 64.5 Å². The van der Waals surface area contributed by atoms with E-state index in [1.165, 1.54) is 30.5 Å². The molecule has 11 heterocycles. The van der Waals surface area contributed by atoms with E-state index in [9.17, 15) is 14.9 Å². The van der Waals surface area contributed by atoms with Gasteiger partial charge in [-0.1, -0.05) is 0 Å². The molecular formula is C62H63F5N16O3S2. The summed E-state index contributed by atoms with van der Waals surface area (Å²) in [5.41, 5.74) is 11.5. The minimum Gasteiger partial charge on any atom is -0.463 e. The average molecular weight is 1240 g/mol. The number of alkyl halides is 1. The summed E-state index contributed by atoms with van der Waals surface area (Å²) in [6.45, 7) is 6.05. The van der Waals surface area contributed by atoms with Crippen molar-refractivity contribution in [2.45, 2.75) is 93.2 Å². The van der Waals surface area contributed by atoms with Gasteiger partial charge in [-0.25, -0.2) is 22.0 Å². The molecule has 456 valence electrons. The number of nitrogen functional groups attached to an aromatic ring is 2. The Morgan fingerprint density at radius 1 is 0.773 bits per heavy atom. The highest BCUT2D eigenvalue weighted by Gasteiger charge is 2.52. The maximum Gasteiger partial charge on any atom is 0.319 e. The number of halogens is 5. The highest BCUT2D eigenvalue weighted by Crippen LogP contribution is 2.50.